The van der Waals surface area contributed by atoms with Crippen molar-refractivity contribution in [2.45, 2.75) is 65.4 Å². The number of ketones is 2. The topological polar surface area (TPSA) is 180 Å². The average molecular weight is 661 g/mol. The highest BCUT2D eigenvalue weighted by atomic mass is 35.5. The molecular formula is C29H39Cl2N3O10. The first-order valence-corrected chi connectivity index (χ1v) is 13.8. The van der Waals surface area contributed by atoms with Gasteiger partial charge in [-0.05, 0) is 44.1 Å². The number of methoxy groups -OCH3 is 2. The van der Waals surface area contributed by atoms with E-state index in [1.54, 1.807) is 6.20 Å². The van der Waals surface area contributed by atoms with Gasteiger partial charge in [0, 0.05) is 26.5 Å². The summed E-state index contributed by atoms with van der Waals surface area (Å²) in [6.07, 6.45) is 7.02. The van der Waals surface area contributed by atoms with Crippen molar-refractivity contribution in [3.8, 4) is 0 Å². The number of aliphatic imine (C=N–C) groups is 1. The number of aromatic nitrogens is 2. The monoisotopic (exact) mass is 659 g/mol. The second kappa shape index (κ2) is 18.3. The zero-order valence-corrected chi connectivity index (χ0v) is 26.8. The number of imidazole rings is 1. The number of carbonyl (C=O) groups excluding carboxylic acids is 6. The van der Waals surface area contributed by atoms with Crippen LogP contribution in [0.2, 0.25) is 0 Å². The molecule has 3 aliphatic rings. The molecule has 1 aliphatic heterocycles. The Hall–Kier alpha value is -3.58. The predicted molar refractivity (Wildman–Crippen MR) is 160 cm³/mol. The number of hydrogen-bond donors (Lipinski definition) is 1. The second-order valence-electron chi connectivity index (χ2n) is 10.6. The highest BCUT2D eigenvalue weighted by molar-refractivity contribution is 6.40. The van der Waals surface area contributed by atoms with Crippen molar-refractivity contribution in [1.29, 1.82) is 0 Å². The summed E-state index contributed by atoms with van der Waals surface area (Å²) < 4.78 is 19.8. The Bertz CT molecular complexity index is 1280. The molecule has 0 aromatic carbocycles. The Labute approximate surface area is 267 Å². The lowest BCUT2D eigenvalue weighted by molar-refractivity contribution is -0.151. The van der Waals surface area contributed by atoms with Gasteiger partial charge in [-0.15, -0.1) is 24.8 Å². The lowest BCUT2D eigenvalue weighted by Gasteiger charge is -2.11. The molecule has 1 aromatic heterocycles. The molecule has 2 aliphatic carbocycles. The number of aromatic amines is 1. The van der Waals surface area contributed by atoms with Gasteiger partial charge in [-0.25, -0.2) is 4.98 Å². The maximum absolute atomic E-state index is 12.0. The molecule has 0 radical (unpaired) electrons. The largest absolute Gasteiger partial charge is 0.469 e. The molecule has 4 atom stereocenters. The molecule has 15 heteroatoms. The van der Waals surface area contributed by atoms with E-state index in [9.17, 15) is 28.8 Å². The van der Waals surface area contributed by atoms with Crippen molar-refractivity contribution < 1.29 is 47.7 Å². The second-order valence-corrected chi connectivity index (χ2v) is 10.6. The van der Waals surface area contributed by atoms with Gasteiger partial charge in [0.1, 0.15) is 13.2 Å². The van der Waals surface area contributed by atoms with Crippen LogP contribution in [0.5, 0.6) is 0 Å². The lowest BCUT2D eigenvalue weighted by Crippen LogP contribution is -2.19. The molecule has 0 bridgehead atoms. The van der Waals surface area contributed by atoms with Crippen molar-refractivity contribution in [2.75, 3.05) is 20.8 Å². The molecule has 244 valence electrons. The molecule has 0 spiro atoms. The van der Waals surface area contributed by atoms with Crippen molar-refractivity contribution in [2.24, 2.45) is 28.7 Å². The summed E-state index contributed by atoms with van der Waals surface area (Å²) in [5.74, 6) is -2.10. The first-order valence-electron chi connectivity index (χ1n) is 13.8. The molecule has 2 fully saturated rings. The van der Waals surface area contributed by atoms with Crippen molar-refractivity contribution in [3.05, 3.63) is 29.5 Å². The Morgan fingerprint density at radius 3 is 1.64 bits per heavy atom. The van der Waals surface area contributed by atoms with E-state index in [0.717, 1.165) is 5.57 Å². The maximum atomic E-state index is 12.0. The van der Waals surface area contributed by atoms with Crippen LogP contribution in [0.3, 0.4) is 0 Å². The van der Waals surface area contributed by atoms with Crippen LogP contribution in [0.15, 0.2) is 23.0 Å². The minimum Gasteiger partial charge on any atom is -0.469 e. The molecule has 44 heavy (non-hydrogen) atoms. The molecule has 4 rings (SSSR count). The molecule has 1 N–H and O–H groups in total. The standard InChI is InChI=1S/C15H19NO5.C14H18N2O5.2ClH/c1-9(17)13-5-10(7-16-13)8-21-15(19)12-4-3-11(6-12)14(18)20-2;1-8(17)12-15-6-11(16-12)7-21-14(19)10-4-3-9(5-10)13(18)20-2;;/h7,11-12H,3-6,8H2,1-2H3;6,9-10H,3-5,7H2,1-2H3,(H,15,16);2*1H/t11-,12-;9-,10-;;/m11../s1. The Kier molecular flexibility index (Phi) is 16.0. The van der Waals surface area contributed by atoms with Gasteiger partial charge in [-0.2, -0.15) is 0 Å². The minimum absolute atomic E-state index is 0. The highest BCUT2D eigenvalue weighted by Crippen LogP contribution is 2.33. The molecule has 0 unspecified atom stereocenters. The summed E-state index contributed by atoms with van der Waals surface area (Å²) in [7, 11) is 2.70. The zero-order valence-electron chi connectivity index (χ0n) is 25.1. The van der Waals surface area contributed by atoms with E-state index in [-0.39, 0.29) is 103 Å². The van der Waals surface area contributed by atoms with Crippen LogP contribution in [-0.4, -0.2) is 71.9 Å². The number of hydrogen-bond acceptors (Lipinski definition) is 12. The molecular weight excluding hydrogens is 621 g/mol. The van der Waals surface area contributed by atoms with Gasteiger partial charge in [0.25, 0.3) is 0 Å². The van der Waals surface area contributed by atoms with Crippen LogP contribution in [0.25, 0.3) is 0 Å². The van der Waals surface area contributed by atoms with Gasteiger partial charge in [0.05, 0.1) is 55.5 Å². The van der Waals surface area contributed by atoms with Gasteiger partial charge < -0.3 is 23.9 Å². The third kappa shape index (κ3) is 10.8. The fourth-order valence-electron chi connectivity index (χ4n) is 5.09. The fraction of sp³-hybridized carbons (Fsp3) is 0.586. The number of halogens is 2. The van der Waals surface area contributed by atoms with E-state index in [1.807, 2.05) is 0 Å². The van der Waals surface area contributed by atoms with Crippen LogP contribution in [0.4, 0.5) is 0 Å². The van der Waals surface area contributed by atoms with E-state index in [4.69, 9.17) is 14.2 Å². The molecule has 0 saturated heterocycles. The van der Waals surface area contributed by atoms with Crippen molar-refractivity contribution >= 4 is 66.0 Å². The Morgan fingerprint density at radius 1 is 0.750 bits per heavy atom. The smallest absolute Gasteiger partial charge is 0.309 e. The van der Waals surface area contributed by atoms with E-state index in [1.165, 1.54) is 34.3 Å². The van der Waals surface area contributed by atoms with Crippen molar-refractivity contribution in [3.63, 3.8) is 0 Å². The molecule has 0 amide bonds. The number of rotatable bonds is 10. The normalized spacial score (nSPS) is 21.6. The van der Waals surface area contributed by atoms with Gasteiger partial charge in [-0.1, -0.05) is 0 Å². The number of nitrogens with zero attached hydrogens (tertiary/aromatic N) is 2. The fourth-order valence-corrected chi connectivity index (χ4v) is 5.09. The van der Waals surface area contributed by atoms with Gasteiger partial charge >= 0.3 is 23.9 Å². The third-order valence-corrected chi connectivity index (χ3v) is 7.54. The van der Waals surface area contributed by atoms with E-state index >= 15 is 0 Å². The average Bonchev–Trinajstić information content (AvgIpc) is 3.80. The van der Waals surface area contributed by atoms with Gasteiger partial charge in [0.2, 0.25) is 0 Å². The first-order chi connectivity index (χ1) is 20.0. The van der Waals surface area contributed by atoms with Gasteiger partial charge in [0.15, 0.2) is 17.4 Å². The number of carbonyl (C=O) groups is 6. The number of Topliss-reactive ketones (excluding diaryl/α,β-unsaturated/α-hetero) is 2. The van der Waals surface area contributed by atoms with Crippen LogP contribution in [-0.2, 0) is 49.5 Å². The number of esters is 4. The third-order valence-electron chi connectivity index (χ3n) is 7.54. The van der Waals surface area contributed by atoms with Crippen LogP contribution in [0.1, 0.15) is 75.1 Å². The SMILES string of the molecule is COC(=O)[C@@H]1CC[C@@H](C(=O)OCC2=CN=C(C(C)=O)C2)C1.COC(=O)[C@@H]1CC[C@@H](C(=O)OCc2cnc(C(C)=O)[nH]2)C1.Cl.Cl. The van der Waals surface area contributed by atoms with E-state index in [0.29, 0.717) is 56.4 Å². The van der Waals surface area contributed by atoms with Crippen LogP contribution >= 0.6 is 24.8 Å². The van der Waals surface area contributed by atoms with Crippen LogP contribution < -0.4 is 0 Å². The van der Waals surface area contributed by atoms with E-state index in [2.05, 4.69) is 19.7 Å². The molecule has 1 aromatic rings. The Morgan fingerprint density at radius 2 is 1.23 bits per heavy atom. The van der Waals surface area contributed by atoms with E-state index < -0.39 is 0 Å². The summed E-state index contributed by atoms with van der Waals surface area (Å²) in [6.45, 7) is 3.06. The lowest BCUT2D eigenvalue weighted by atomic mass is 10.1. The molecule has 2 saturated carbocycles. The first kappa shape index (κ1) is 38.4. The molecule has 2 heterocycles. The number of ether oxygens (including phenoxy) is 4. The number of nitrogens with one attached hydrogen (secondary N) is 1. The highest BCUT2D eigenvalue weighted by Gasteiger charge is 2.36. The summed E-state index contributed by atoms with van der Waals surface area (Å²) in [6, 6.07) is 0. The number of H-pyrrole nitrogens is 1. The predicted octanol–water partition coefficient (Wildman–Crippen LogP) is 3.52. The summed E-state index contributed by atoms with van der Waals surface area (Å²) >= 11 is 0. The summed E-state index contributed by atoms with van der Waals surface area (Å²) in [5, 5.41) is 0. The quantitative estimate of drug-likeness (QED) is 0.220. The Balaban J connectivity index is 0.000000421. The minimum atomic E-state index is -0.333. The van der Waals surface area contributed by atoms with Gasteiger partial charge in [-0.3, -0.25) is 33.8 Å². The maximum Gasteiger partial charge on any atom is 0.309 e. The summed E-state index contributed by atoms with van der Waals surface area (Å²) in [4.78, 5) is 79.6. The van der Waals surface area contributed by atoms with Crippen LogP contribution in [0, 0.1) is 23.7 Å². The zero-order chi connectivity index (χ0) is 30.8. The van der Waals surface area contributed by atoms with Crippen molar-refractivity contribution in [1.82, 2.24) is 9.97 Å². The molecule has 13 nitrogen and oxygen atoms in total. The summed E-state index contributed by atoms with van der Waals surface area (Å²) in [5.41, 5.74) is 1.87.